The second kappa shape index (κ2) is 3.23. The summed E-state index contributed by atoms with van der Waals surface area (Å²) in [6, 6.07) is 0. The third kappa shape index (κ3) is 2.22. The number of fused-ring (bicyclic) bond motifs is 1. The maximum absolute atomic E-state index is 2.71. The molecule has 2 aliphatic rings. The molecule has 0 spiro atoms. The van der Waals surface area contributed by atoms with E-state index < -0.39 is 0 Å². The molecule has 0 aromatic carbocycles. The summed E-state index contributed by atoms with van der Waals surface area (Å²) in [6.07, 6.45) is 1.49. The van der Waals surface area contributed by atoms with Crippen molar-refractivity contribution in [2.24, 2.45) is 23.2 Å². The molecule has 0 amide bonds. The summed E-state index contributed by atoms with van der Waals surface area (Å²) < 4.78 is 0. The van der Waals surface area contributed by atoms with E-state index in [1.165, 1.54) is 19.5 Å². The highest BCUT2D eigenvalue weighted by Crippen LogP contribution is 2.54. The summed E-state index contributed by atoms with van der Waals surface area (Å²) in [6.45, 7) is 17.0. The summed E-state index contributed by atoms with van der Waals surface area (Å²) in [5, 5.41) is 0. The van der Waals surface area contributed by atoms with Crippen molar-refractivity contribution in [2.75, 3.05) is 13.1 Å². The zero-order valence-electron chi connectivity index (χ0n) is 11.3. The Bertz CT molecular complexity index is 243. The van der Waals surface area contributed by atoms with E-state index in [1.807, 2.05) is 0 Å². The Morgan fingerprint density at radius 3 is 2.00 bits per heavy atom. The predicted octanol–water partition coefficient (Wildman–Crippen LogP) is 3.40. The normalized spacial score (nSPS) is 37.6. The standard InChI is InChI=1S/C14H27N/c1-13(2,3)12-9-15(14(4,5)6)8-10-7-11(10)12/h10-12H,7-9H2,1-6H3. The first-order valence-electron chi connectivity index (χ1n) is 6.44. The van der Waals surface area contributed by atoms with E-state index in [1.54, 1.807) is 0 Å². The van der Waals surface area contributed by atoms with Crippen molar-refractivity contribution < 1.29 is 0 Å². The lowest BCUT2D eigenvalue weighted by Crippen LogP contribution is -2.50. The van der Waals surface area contributed by atoms with E-state index in [0.29, 0.717) is 11.0 Å². The highest BCUT2D eigenvalue weighted by Gasteiger charge is 2.52. The van der Waals surface area contributed by atoms with Crippen LogP contribution in [0.1, 0.15) is 48.0 Å². The lowest BCUT2D eigenvalue weighted by Gasteiger charge is -2.45. The van der Waals surface area contributed by atoms with Crippen LogP contribution < -0.4 is 0 Å². The molecule has 0 radical (unpaired) electrons. The van der Waals surface area contributed by atoms with Gasteiger partial charge in [-0.3, -0.25) is 4.90 Å². The highest BCUT2D eigenvalue weighted by atomic mass is 15.2. The summed E-state index contributed by atoms with van der Waals surface area (Å²) in [5.74, 6) is 2.97. The van der Waals surface area contributed by atoms with Gasteiger partial charge in [0.2, 0.25) is 0 Å². The molecule has 1 aliphatic carbocycles. The molecule has 2 fully saturated rings. The van der Waals surface area contributed by atoms with E-state index in [-0.39, 0.29) is 0 Å². The summed E-state index contributed by atoms with van der Waals surface area (Å²) >= 11 is 0. The third-order valence-electron chi connectivity index (χ3n) is 4.43. The molecule has 0 aromatic heterocycles. The molecule has 1 heteroatoms. The van der Waals surface area contributed by atoms with Crippen molar-refractivity contribution in [2.45, 2.75) is 53.5 Å². The van der Waals surface area contributed by atoms with Gasteiger partial charge in [0.25, 0.3) is 0 Å². The minimum Gasteiger partial charge on any atom is -0.298 e. The van der Waals surface area contributed by atoms with Crippen LogP contribution in [0.5, 0.6) is 0 Å². The van der Waals surface area contributed by atoms with E-state index in [9.17, 15) is 0 Å². The first-order chi connectivity index (χ1) is 6.69. The first-order valence-corrected chi connectivity index (χ1v) is 6.44. The molecule has 3 atom stereocenters. The van der Waals surface area contributed by atoms with E-state index >= 15 is 0 Å². The van der Waals surface area contributed by atoms with Crippen molar-refractivity contribution in [1.29, 1.82) is 0 Å². The Morgan fingerprint density at radius 2 is 1.53 bits per heavy atom. The maximum Gasteiger partial charge on any atom is 0.0125 e. The van der Waals surface area contributed by atoms with Crippen LogP contribution in [-0.2, 0) is 0 Å². The maximum atomic E-state index is 2.71. The summed E-state index contributed by atoms with van der Waals surface area (Å²) in [7, 11) is 0. The molecule has 1 heterocycles. The number of likely N-dealkylation sites (tertiary alicyclic amines) is 1. The Hall–Kier alpha value is -0.0400. The van der Waals surface area contributed by atoms with Gasteiger partial charge in [0.1, 0.15) is 0 Å². The van der Waals surface area contributed by atoms with Crippen LogP contribution in [0.4, 0.5) is 0 Å². The first kappa shape index (κ1) is 11.4. The zero-order chi connectivity index (χ0) is 11.4. The van der Waals surface area contributed by atoms with Crippen LogP contribution in [-0.4, -0.2) is 23.5 Å². The topological polar surface area (TPSA) is 3.24 Å². The van der Waals surface area contributed by atoms with Gasteiger partial charge in [-0.15, -0.1) is 0 Å². The monoisotopic (exact) mass is 209 g/mol. The zero-order valence-corrected chi connectivity index (χ0v) is 11.3. The van der Waals surface area contributed by atoms with Crippen LogP contribution in [0, 0.1) is 23.2 Å². The van der Waals surface area contributed by atoms with Crippen molar-refractivity contribution >= 4 is 0 Å². The van der Waals surface area contributed by atoms with Gasteiger partial charge >= 0.3 is 0 Å². The van der Waals surface area contributed by atoms with E-state index in [0.717, 1.165) is 17.8 Å². The lowest BCUT2D eigenvalue weighted by atomic mass is 9.75. The molecular formula is C14H27N. The average Bonchev–Trinajstić information content (AvgIpc) is 2.75. The second-order valence-corrected chi connectivity index (χ2v) is 7.71. The molecule has 88 valence electrons. The predicted molar refractivity (Wildman–Crippen MR) is 65.9 cm³/mol. The summed E-state index contributed by atoms with van der Waals surface area (Å²) in [5.41, 5.74) is 0.848. The Labute approximate surface area is 95.2 Å². The Morgan fingerprint density at radius 1 is 0.933 bits per heavy atom. The van der Waals surface area contributed by atoms with Gasteiger partial charge in [-0.1, -0.05) is 20.8 Å². The number of piperidine rings is 1. The van der Waals surface area contributed by atoms with Gasteiger partial charge < -0.3 is 0 Å². The largest absolute Gasteiger partial charge is 0.298 e. The van der Waals surface area contributed by atoms with Crippen LogP contribution in [0.15, 0.2) is 0 Å². The quantitative estimate of drug-likeness (QED) is 0.591. The molecule has 15 heavy (non-hydrogen) atoms. The Balaban J connectivity index is 2.10. The fourth-order valence-electron chi connectivity index (χ4n) is 3.17. The third-order valence-corrected chi connectivity index (χ3v) is 4.43. The Kier molecular flexibility index (Phi) is 2.46. The van der Waals surface area contributed by atoms with E-state index in [4.69, 9.17) is 0 Å². The fourth-order valence-corrected chi connectivity index (χ4v) is 3.17. The van der Waals surface area contributed by atoms with Crippen LogP contribution in [0.3, 0.4) is 0 Å². The van der Waals surface area contributed by atoms with Crippen molar-refractivity contribution in [3.63, 3.8) is 0 Å². The lowest BCUT2D eigenvalue weighted by molar-refractivity contribution is 0.0317. The van der Waals surface area contributed by atoms with Gasteiger partial charge in [0, 0.05) is 18.6 Å². The number of rotatable bonds is 0. The molecule has 3 unspecified atom stereocenters. The number of hydrogen-bond acceptors (Lipinski definition) is 1. The molecule has 1 nitrogen and oxygen atoms in total. The number of hydrogen-bond donors (Lipinski definition) is 0. The van der Waals surface area contributed by atoms with Gasteiger partial charge in [-0.2, -0.15) is 0 Å². The van der Waals surface area contributed by atoms with E-state index in [2.05, 4.69) is 46.4 Å². The van der Waals surface area contributed by atoms with Gasteiger partial charge in [0.15, 0.2) is 0 Å². The SMILES string of the molecule is CC(C)(C)C1CN(C(C)(C)C)CC2CC21. The van der Waals surface area contributed by atoms with Crippen molar-refractivity contribution in [3.05, 3.63) is 0 Å². The van der Waals surface area contributed by atoms with Gasteiger partial charge in [-0.05, 0) is 50.4 Å². The molecule has 0 bridgehead atoms. The molecule has 1 saturated heterocycles. The molecule has 1 aliphatic heterocycles. The molecule has 1 saturated carbocycles. The smallest absolute Gasteiger partial charge is 0.0125 e. The number of nitrogens with zero attached hydrogens (tertiary/aromatic N) is 1. The minimum atomic E-state index is 0.358. The van der Waals surface area contributed by atoms with Crippen molar-refractivity contribution in [1.82, 2.24) is 4.90 Å². The summed E-state index contributed by atoms with van der Waals surface area (Å²) in [4.78, 5) is 2.71. The highest BCUT2D eigenvalue weighted by molar-refractivity contribution is 5.03. The van der Waals surface area contributed by atoms with Crippen LogP contribution in [0.25, 0.3) is 0 Å². The molecule has 2 rings (SSSR count). The molecule has 0 N–H and O–H groups in total. The average molecular weight is 209 g/mol. The van der Waals surface area contributed by atoms with Crippen molar-refractivity contribution in [3.8, 4) is 0 Å². The van der Waals surface area contributed by atoms with Crippen LogP contribution in [0.2, 0.25) is 0 Å². The molecule has 0 aromatic rings. The second-order valence-electron chi connectivity index (χ2n) is 7.71. The van der Waals surface area contributed by atoms with Crippen LogP contribution >= 0.6 is 0 Å². The fraction of sp³-hybridized carbons (Fsp3) is 1.00. The van der Waals surface area contributed by atoms with Gasteiger partial charge in [-0.25, -0.2) is 0 Å². The minimum absolute atomic E-state index is 0.358. The molecular weight excluding hydrogens is 182 g/mol. The van der Waals surface area contributed by atoms with Gasteiger partial charge in [0.05, 0.1) is 0 Å².